The number of hydrogen-bond acceptors (Lipinski definition) is 9. The van der Waals surface area contributed by atoms with Gasteiger partial charge in [0.15, 0.2) is 0 Å². The minimum atomic E-state index is -5.52. The molecule has 1 aliphatic carbocycles. The van der Waals surface area contributed by atoms with Crippen molar-refractivity contribution in [2.45, 2.75) is 68.7 Å². The molecule has 18 heteroatoms. The Kier molecular flexibility index (Phi) is 9.19. The van der Waals surface area contributed by atoms with Gasteiger partial charge in [-0.05, 0) is 6.42 Å². The maximum absolute atomic E-state index is 11.5. The van der Waals surface area contributed by atoms with E-state index in [4.69, 9.17) is 19.6 Å². The zero-order valence-corrected chi connectivity index (χ0v) is 17.7. The van der Waals surface area contributed by atoms with Crippen molar-refractivity contribution < 1.29 is 71.9 Å². The number of rotatable bonds is 10. The van der Waals surface area contributed by atoms with Crippen molar-refractivity contribution >= 4 is 23.5 Å². The first-order valence-electron chi connectivity index (χ1n) is 8.22. The monoisotopic (exact) mass is 490 g/mol. The minimum Gasteiger partial charge on any atom is -0.387 e. The van der Waals surface area contributed by atoms with Gasteiger partial charge in [0.2, 0.25) is 0 Å². The third-order valence-corrected chi connectivity index (χ3v) is 5.86. The fourth-order valence-corrected chi connectivity index (χ4v) is 5.11. The highest BCUT2D eigenvalue weighted by Gasteiger charge is 2.64. The van der Waals surface area contributed by atoms with Gasteiger partial charge in [0.05, 0.1) is 0 Å². The summed E-state index contributed by atoms with van der Waals surface area (Å²) in [7, 11) is -16.4. The van der Waals surface area contributed by atoms with E-state index in [9.17, 15) is 38.8 Å². The average molecular weight is 490 g/mol. The lowest BCUT2D eigenvalue weighted by atomic mass is 9.72. The van der Waals surface area contributed by atoms with E-state index in [1.807, 2.05) is 0 Å². The molecule has 15 nitrogen and oxygen atoms in total. The summed E-state index contributed by atoms with van der Waals surface area (Å²) in [5.74, 6) is 0. The fraction of sp³-hybridized carbons (Fsp3) is 1.00. The number of aliphatic hydroxyl groups excluding tert-OH is 3. The number of phosphoric ester groups is 3. The van der Waals surface area contributed by atoms with E-state index < -0.39 is 66.0 Å². The van der Waals surface area contributed by atoms with Crippen molar-refractivity contribution in [3.8, 4) is 0 Å². The highest BCUT2D eigenvalue weighted by atomic mass is 31.2. The smallest absolute Gasteiger partial charge is 0.387 e. The van der Waals surface area contributed by atoms with E-state index in [1.165, 1.54) is 0 Å². The predicted octanol–water partition coefficient (Wildman–Crippen LogP) is -1.53. The zero-order chi connectivity index (χ0) is 22.8. The average Bonchev–Trinajstić information content (AvgIpc) is 2.51. The van der Waals surface area contributed by atoms with E-state index >= 15 is 0 Å². The molecule has 0 bridgehead atoms. The van der Waals surface area contributed by atoms with E-state index in [-0.39, 0.29) is 6.42 Å². The van der Waals surface area contributed by atoms with E-state index in [0.29, 0.717) is 12.8 Å². The molecule has 0 aliphatic heterocycles. The van der Waals surface area contributed by atoms with Crippen LogP contribution >= 0.6 is 23.5 Å². The molecule has 0 aromatic heterocycles. The maximum Gasteiger partial charge on any atom is 0.470 e. The quantitative estimate of drug-likeness (QED) is 0.124. The van der Waals surface area contributed by atoms with Crippen molar-refractivity contribution in [3.63, 3.8) is 0 Å². The second-order valence-electron chi connectivity index (χ2n) is 6.50. The third-order valence-electron chi connectivity index (χ3n) is 4.26. The van der Waals surface area contributed by atoms with Gasteiger partial charge in [0, 0.05) is 0 Å². The minimum absolute atomic E-state index is 0.0397. The van der Waals surface area contributed by atoms with Gasteiger partial charge in [-0.25, -0.2) is 13.7 Å². The van der Waals surface area contributed by atoms with Gasteiger partial charge < -0.3 is 44.7 Å². The van der Waals surface area contributed by atoms with Gasteiger partial charge in [-0.2, -0.15) is 0 Å². The van der Waals surface area contributed by atoms with E-state index in [2.05, 4.69) is 13.6 Å². The lowest BCUT2D eigenvalue weighted by Gasteiger charge is -2.52. The normalized spacial score (nSPS) is 34.3. The van der Waals surface area contributed by atoms with Crippen LogP contribution in [-0.2, 0) is 27.3 Å². The van der Waals surface area contributed by atoms with Gasteiger partial charge >= 0.3 is 23.5 Å². The summed E-state index contributed by atoms with van der Waals surface area (Å²) in [4.78, 5) is 54.7. The number of unbranched alkanes of at least 4 members (excludes halogenated alkanes) is 2. The molecule has 1 saturated carbocycles. The molecule has 6 atom stereocenters. The highest BCUT2D eigenvalue weighted by molar-refractivity contribution is 7.46. The van der Waals surface area contributed by atoms with Gasteiger partial charge in [-0.3, -0.25) is 13.6 Å². The van der Waals surface area contributed by atoms with Gasteiger partial charge in [-0.15, -0.1) is 0 Å². The Morgan fingerprint density at radius 1 is 0.793 bits per heavy atom. The fourth-order valence-electron chi connectivity index (χ4n) is 3.20. The standard InChI is InChI=1S/C11H25O15P3/c1-2-3-4-5-11(26-29(21,22)23)9(14)6(12)8(24-27(15,16)17)7(13)10(11)25-28(18,19)20/h6-10,12-14H,2-5H2,1H3,(H2,15,16,17)(H2,18,19,20)(H2,21,22,23)/t6-,7-,8+,9-,10+,11+/m0/s1. The Labute approximate surface area is 165 Å². The summed E-state index contributed by atoms with van der Waals surface area (Å²) >= 11 is 0. The molecular weight excluding hydrogens is 465 g/mol. The summed E-state index contributed by atoms with van der Waals surface area (Å²) < 4.78 is 47.2. The van der Waals surface area contributed by atoms with Crippen molar-refractivity contribution in [2.24, 2.45) is 0 Å². The topological polar surface area (TPSA) is 261 Å². The summed E-state index contributed by atoms with van der Waals surface area (Å²) in [5, 5.41) is 31.1. The number of aliphatic hydroxyl groups is 3. The first-order chi connectivity index (χ1) is 12.9. The molecule has 1 fully saturated rings. The Morgan fingerprint density at radius 3 is 1.72 bits per heavy atom. The second kappa shape index (κ2) is 9.78. The molecule has 0 heterocycles. The van der Waals surface area contributed by atoms with Crippen LogP contribution in [0.4, 0.5) is 0 Å². The molecule has 1 aliphatic rings. The number of phosphoric acid groups is 3. The van der Waals surface area contributed by atoms with Crippen LogP contribution in [0.15, 0.2) is 0 Å². The first kappa shape index (κ1) is 27.2. The molecule has 9 N–H and O–H groups in total. The Hall–Kier alpha value is 0.210. The largest absolute Gasteiger partial charge is 0.470 e. The van der Waals surface area contributed by atoms with Crippen LogP contribution in [0.25, 0.3) is 0 Å². The van der Waals surface area contributed by atoms with E-state index in [1.54, 1.807) is 6.92 Å². The van der Waals surface area contributed by atoms with Crippen LogP contribution in [-0.4, -0.2) is 80.8 Å². The lowest BCUT2D eigenvalue weighted by Crippen LogP contribution is -2.72. The predicted molar refractivity (Wildman–Crippen MR) is 91.9 cm³/mol. The summed E-state index contributed by atoms with van der Waals surface area (Å²) in [5.41, 5.74) is -2.76. The van der Waals surface area contributed by atoms with Crippen molar-refractivity contribution in [2.75, 3.05) is 0 Å². The third kappa shape index (κ3) is 7.69. The molecule has 29 heavy (non-hydrogen) atoms. The highest BCUT2D eigenvalue weighted by Crippen LogP contribution is 2.55. The van der Waals surface area contributed by atoms with Crippen LogP contribution in [0.5, 0.6) is 0 Å². The Balaban J connectivity index is 3.55. The molecule has 0 radical (unpaired) electrons. The Bertz CT molecular complexity index is 683. The number of hydrogen-bond donors (Lipinski definition) is 9. The zero-order valence-electron chi connectivity index (χ0n) is 15.0. The first-order valence-corrected chi connectivity index (χ1v) is 12.8. The van der Waals surface area contributed by atoms with E-state index in [0.717, 1.165) is 0 Å². The van der Waals surface area contributed by atoms with Crippen LogP contribution in [0.1, 0.15) is 32.6 Å². The molecular formula is C11H25O15P3. The Morgan fingerprint density at radius 2 is 1.31 bits per heavy atom. The molecule has 0 saturated heterocycles. The van der Waals surface area contributed by atoms with Crippen LogP contribution in [0.2, 0.25) is 0 Å². The molecule has 0 unspecified atom stereocenters. The van der Waals surface area contributed by atoms with Crippen LogP contribution in [0.3, 0.4) is 0 Å². The molecule has 0 aromatic carbocycles. The van der Waals surface area contributed by atoms with Gasteiger partial charge in [0.25, 0.3) is 0 Å². The second-order valence-corrected chi connectivity index (χ2v) is 10.0. The summed E-state index contributed by atoms with van der Waals surface area (Å²) in [6, 6.07) is 0. The molecule has 0 spiro atoms. The van der Waals surface area contributed by atoms with Crippen molar-refractivity contribution in [1.29, 1.82) is 0 Å². The maximum atomic E-state index is 11.5. The molecule has 174 valence electrons. The summed E-state index contributed by atoms with van der Waals surface area (Å²) in [6.45, 7) is 1.74. The molecule has 1 rings (SSSR count). The lowest BCUT2D eigenvalue weighted by molar-refractivity contribution is -0.257. The van der Waals surface area contributed by atoms with Gasteiger partial charge in [0.1, 0.15) is 36.1 Å². The SMILES string of the molecule is CCCCC[C@]1(OP(=O)(O)O)[C@H](OP(=O)(O)O)[C@@H](O)[C@H](OP(=O)(O)O)[C@H](O)[C@@H]1O. The van der Waals surface area contributed by atoms with Crippen LogP contribution < -0.4 is 0 Å². The van der Waals surface area contributed by atoms with Crippen LogP contribution in [0, 0.1) is 0 Å². The van der Waals surface area contributed by atoms with Crippen molar-refractivity contribution in [3.05, 3.63) is 0 Å². The molecule has 0 aromatic rings. The van der Waals surface area contributed by atoms with Crippen molar-refractivity contribution in [1.82, 2.24) is 0 Å². The van der Waals surface area contributed by atoms with Gasteiger partial charge in [-0.1, -0.05) is 26.2 Å². The molecule has 0 amide bonds. The summed E-state index contributed by atoms with van der Waals surface area (Å²) in [6.07, 6.45) is -11.7.